The SMILES string of the molecule is Oc1ccc(C2=NN=C(N3CCCCCC3)SC2)cc1. The number of benzene rings is 1. The second-order valence-corrected chi connectivity index (χ2v) is 6.11. The summed E-state index contributed by atoms with van der Waals surface area (Å²) < 4.78 is 0. The molecule has 4 nitrogen and oxygen atoms in total. The zero-order valence-corrected chi connectivity index (χ0v) is 12.3. The van der Waals surface area contributed by atoms with Gasteiger partial charge in [-0.15, -0.1) is 5.10 Å². The molecule has 1 aromatic carbocycles. The molecule has 1 fully saturated rings. The van der Waals surface area contributed by atoms with Gasteiger partial charge in [-0.2, -0.15) is 5.10 Å². The number of aromatic hydroxyl groups is 1. The van der Waals surface area contributed by atoms with Crippen LogP contribution in [0.4, 0.5) is 0 Å². The lowest BCUT2D eigenvalue weighted by molar-refractivity contribution is 0.442. The van der Waals surface area contributed by atoms with Gasteiger partial charge < -0.3 is 10.0 Å². The van der Waals surface area contributed by atoms with Crippen LogP contribution in [-0.2, 0) is 0 Å². The molecular formula is C15H19N3OS. The van der Waals surface area contributed by atoms with Gasteiger partial charge in [-0.05, 0) is 42.7 Å². The zero-order valence-electron chi connectivity index (χ0n) is 11.5. The van der Waals surface area contributed by atoms with Crippen LogP contribution in [0.3, 0.4) is 0 Å². The van der Waals surface area contributed by atoms with Crippen molar-refractivity contribution in [3.63, 3.8) is 0 Å². The van der Waals surface area contributed by atoms with Crippen LogP contribution in [0.25, 0.3) is 0 Å². The monoisotopic (exact) mass is 289 g/mol. The number of hydrogen-bond acceptors (Lipinski definition) is 5. The molecule has 1 saturated heterocycles. The van der Waals surface area contributed by atoms with Gasteiger partial charge in [0.15, 0.2) is 5.17 Å². The lowest BCUT2D eigenvalue weighted by atomic mass is 10.1. The summed E-state index contributed by atoms with van der Waals surface area (Å²) in [4.78, 5) is 2.37. The van der Waals surface area contributed by atoms with E-state index in [0.717, 1.165) is 35.3 Å². The predicted octanol–water partition coefficient (Wildman–Crippen LogP) is 3.08. The summed E-state index contributed by atoms with van der Waals surface area (Å²) in [5.41, 5.74) is 2.02. The molecule has 2 aliphatic heterocycles. The van der Waals surface area contributed by atoms with Crippen molar-refractivity contribution >= 4 is 22.6 Å². The average molecular weight is 289 g/mol. The van der Waals surface area contributed by atoms with Crippen molar-refractivity contribution in [1.82, 2.24) is 4.90 Å². The summed E-state index contributed by atoms with van der Waals surface area (Å²) in [6.45, 7) is 2.21. The molecule has 0 radical (unpaired) electrons. The minimum atomic E-state index is 0.284. The summed E-state index contributed by atoms with van der Waals surface area (Å²) in [5, 5.41) is 19.2. The fourth-order valence-electron chi connectivity index (χ4n) is 2.51. The van der Waals surface area contributed by atoms with E-state index in [1.807, 2.05) is 12.1 Å². The maximum absolute atomic E-state index is 9.31. The Labute approximate surface area is 123 Å². The molecule has 20 heavy (non-hydrogen) atoms. The number of rotatable bonds is 1. The second kappa shape index (κ2) is 6.31. The van der Waals surface area contributed by atoms with E-state index in [4.69, 9.17) is 0 Å². The van der Waals surface area contributed by atoms with Crippen molar-refractivity contribution in [2.75, 3.05) is 18.8 Å². The first-order valence-electron chi connectivity index (χ1n) is 7.14. The predicted molar refractivity (Wildman–Crippen MR) is 84.6 cm³/mol. The quantitative estimate of drug-likeness (QED) is 0.864. The molecule has 1 N–H and O–H groups in total. The van der Waals surface area contributed by atoms with E-state index in [1.165, 1.54) is 25.7 Å². The van der Waals surface area contributed by atoms with Gasteiger partial charge in [0.1, 0.15) is 5.75 Å². The van der Waals surface area contributed by atoms with E-state index in [2.05, 4.69) is 15.1 Å². The molecule has 5 heteroatoms. The highest BCUT2D eigenvalue weighted by atomic mass is 32.2. The molecule has 0 amide bonds. The van der Waals surface area contributed by atoms with Gasteiger partial charge in [0.2, 0.25) is 0 Å². The molecule has 1 aromatic rings. The van der Waals surface area contributed by atoms with Gasteiger partial charge in [0.25, 0.3) is 0 Å². The summed E-state index contributed by atoms with van der Waals surface area (Å²) in [5.74, 6) is 1.13. The largest absolute Gasteiger partial charge is 0.508 e. The van der Waals surface area contributed by atoms with Gasteiger partial charge in [-0.1, -0.05) is 24.6 Å². The van der Waals surface area contributed by atoms with Gasteiger partial charge in [-0.25, -0.2) is 0 Å². The summed E-state index contributed by atoms with van der Waals surface area (Å²) >= 11 is 1.77. The van der Waals surface area contributed by atoms with Gasteiger partial charge in [0.05, 0.1) is 5.71 Å². The lowest BCUT2D eigenvalue weighted by Gasteiger charge is -2.24. The molecule has 0 atom stereocenters. The van der Waals surface area contributed by atoms with Crippen LogP contribution >= 0.6 is 11.8 Å². The van der Waals surface area contributed by atoms with E-state index >= 15 is 0 Å². The molecule has 0 bridgehead atoms. The van der Waals surface area contributed by atoms with Crippen LogP contribution in [0, 0.1) is 0 Å². The van der Waals surface area contributed by atoms with E-state index < -0.39 is 0 Å². The number of amidine groups is 1. The Morgan fingerprint density at radius 1 is 0.950 bits per heavy atom. The van der Waals surface area contributed by atoms with Crippen LogP contribution in [0.2, 0.25) is 0 Å². The highest BCUT2D eigenvalue weighted by molar-refractivity contribution is 8.14. The molecule has 2 aliphatic rings. The summed E-state index contributed by atoms with van der Waals surface area (Å²) in [6.07, 6.45) is 5.18. The second-order valence-electron chi connectivity index (χ2n) is 5.17. The smallest absolute Gasteiger partial charge is 0.186 e. The van der Waals surface area contributed by atoms with Crippen molar-refractivity contribution in [3.8, 4) is 5.75 Å². The molecular weight excluding hydrogens is 270 g/mol. The molecule has 0 aliphatic carbocycles. The molecule has 0 unspecified atom stereocenters. The van der Waals surface area contributed by atoms with Crippen LogP contribution in [0.1, 0.15) is 31.2 Å². The van der Waals surface area contributed by atoms with Crippen LogP contribution < -0.4 is 0 Å². The normalized spacial score (nSPS) is 20.1. The Kier molecular flexibility index (Phi) is 4.25. The minimum Gasteiger partial charge on any atom is -0.508 e. The van der Waals surface area contributed by atoms with Gasteiger partial charge in [-0.3, -0.25) is 0 Å². The highest BCUT2D eigenvalue weighted by Crippen LogP contribution is 2.21. The number of nitrogens with zero attached hydrogens (tertiary/aromatic N) is 3. The third-order valence-electron chi connectivity index (χ3n) is 3.67. The Morgan fingerprint density at radius 3 is 2.25 bits per heavy atom. The highest BCUT2D eigenvalue weighted by Gasteiger charge is 2.19. The average Bonchev–Trinajstić information content (AvgIpc) is 2.77. The molecule has 0 spiro atoms. The topological polar surface area (TPSA) is 48.2 Å². The summed E-state index contributed by atoms with van der Waals surface area (Å²) in [6, 6.07) is 7.16. The third kappa shape index (κ3) is 3.15. The first-order valence-corrected chi connectivity index (χ1v) is 8.13. The van der Waals surface area contributed by atoms with Crippen molar-refractivity contribution in [2.45, 2.75) is 25.7 Å². The van der Waals surface area contributed by atoms with E-state index in [9.17, 15) is 5.11 Å². The van der Waals surface area contributed by atoms with E-state index in [1.54, 1.807) is 23.9 Å². The molecule has 2 heterocycles. The maximum atomic E-state index is 9.31. The minimum absolute atomic E-state index is 0.284. The maximum Gasteiger partial charge on any atom is 0.186 e. The Hall–Kier alpha value is -1.49. The lowest BCUT2D eigenvalue weighted by Crippen LogP contribution is -2.31. The zero-order chi connectivity index (χ0) is 13.8. The summed E-state index contributed by atoms with van der Waals surface area (Å²) in [7, 11) is 0. The molecule has 0 saturated carbocycles. The van der Waals surface area contributed by atoms with Crippen LogP contribution in [-0.4, -0.2) is 39.7 Å². The van der Waals surface area contributed by atoms with Crippen LogP contribution in [0.15, 0.2) is 34.5 Å². The standard InChI is InChI=1S/C15H19N3OS/c19-13-7-5-12(6-8-13)14-11-20-15(17-16-14)18-9-3-1-2-4-10-18/h5-8,19H,1-4,9-11H2. The Balaban J connectivity index is 1.73. The molecule has 0 aromatic heterocycles. The molecule has 106 valence electrons. The first-order chi connectivity index (χ1) is 9.83. The number of hydrogen-bond donors (Lipinski definition) is 1. The van der Waals surface area contributed by atoms with Crippen molar-refractivity contribution in [2.24, 2.45) is 10.2 Å². The van der Waals surface area contributed by atoms with E-state index in [0.29, 0.717) is 0 Å². The van der Waals surface area contributed by atoms with Gasteiger partial charge >= 0.3 is 0 Å². The molecule has 3 rings (SSSR count). The third-order valence-corrected chi connectivity index (χ3v) is 4.69. The van der Waals surface area contributed by atoms with Crippen molar-refractivity contribution in [3.05, 3.63) is 29.8 Å². The van der Waals surface area contributed by atoms with Crippen molar-refractivity contribution in [1.29, 1.82) is 0 Å². The Bertz CT molecular complexity index is 516. The van der Waals surface area contributed by atoms with Gasteiger partial charge in [0, 0.05) is 18.8 Å². The van der Waals surface area contributed by atoms with Crippen LogP contribution in [0.5, 0.6) is 5.75 Å². The fraction of sp³-hybridized carbons (Fsp3) is 0.467. The Morgan fingerprint density at radius 2 is 1.65 bits per heavy atom. The number of phenols is 1. The number of phenolic OH excluding ortho intramolecular Hbond substituents is 1. The van der Waals surface area contributed by atoms with Crippen molar-refractivity contribution < 1.29 is 5.11 Å². The number of thioether (sulfide) groups is 1. The van der Waals surface area contributed by atoms with E-state index in [-0.39, 0.29) is 5.75 Å². The first kappa shape index (κ1) is 13.5. The number of likely N-dealkylation sites (tertiary alicyclic amines) is 1. The fourth-order valence-corrected chi connectivity index (χ4v) is 3.46.